The van der Waals surface area contributed by atoms with Crippen LogP contribution in [0, 0.1) is 0 Å². The molecule has 0 spiro atoms. The lowest BCUT2D eigenvalue weighted by atomic mass is 9.89. The highest BCUT2D eigenvalue weighted by molar-refractivity contribution is 5.85. The summed E-state index contributed by atoms with van der Waals surface area (Å²) in [4.78, 5) is 14.3. The van der Waals surface area contributed by atoms with Crippen molar-refractivity contribution in [3.05, 3.63) is 36.0 Å². The van der Waals surface area contributed by atoms with E-state index in [0.29, 0.717) is 12.8 Å². The number of carboxylic acid groups (broad SMARTS) is 1. The van der Waals surface area contributed by atoms with Gasteiger partial charge in [-0.05, 0) is 18.1 Å². The molecular formula is C13H16N2O2. The molecule has 0 aliphatic rings. The number of hydrogen-bond acceptors (Lipinski definition) is 2. The van der Waals surface area contributed by atoms with Crippen molar-refractivity contribution in [3.63, 3.8) is 0 Å². The average Bonchev–Trinajstić information content (AvgIpc) is 2.72. The van der Waals surface area contributed by atoms with Gasteiger partial charge in [0.05, 0.1) is 0 Å². The number of nitrogens with one attached hydrogen (secondary N) is 1. The van der Waals surface area contributed by atoms with E-state index in [1.807, 2.05) is 30.5 Å². The summed E-state index contributed by atoms with van der Waals surface area (Å²) in [6, 6.07) is 7.81. The highest BCUT2D eigenvalue weighted by atomic mass is 16.4. The van der Waals surface area contributed by atoms with Crippen molar-refractivity contribution < 1.29 is 9.90 Å². The first-order valence-corrected chi connectivity index (χ1v) is 5.64. The number of aromatic nitrogens is 1. The van der Waals surface area contributed by atoms with Gasteiger partial charge in [0.15, 0.2) is 0 Å². The molecule has 4 nitrogen and oxygen atoms in total. The number of para-hydroxylation sites is 1. The van der Waals surface area contributed by atoms with Crippen LogP contribution in [-0.2, 0) is 11.2 Å². The Morgan fingerprint density at radius 1 is 1.47 bits per heavy atom. The fourth-order valence-electron chi connectivity index (χ4n) is 1.97. The Kier molecular flexibility index (Phi) is 2.90. The van der Waals surface area contributed by atoms with Gasteiger partial charge in [-0.3, -0.25) is 4.79 Å². The summed E-state index contributed by atoms with van der Waals surface area (Å²) in [5.74, 6) is -0.953. The number of rotatable bonds is 4. The number of nitrogens with two attached hydrogens (primary N) is 1. The van der Waals surface area contributed by atoms with Gasteiger partial charge in [0.1, 0.15) is 5.54 Å². The molecule has 2 rings (SSSR count). The van der Waals surface area contributed by atoms with E-state index in [4.69, 9.17) is 10.8 Å². The Hall–Kier alpha value is -1.81. The van der Waals surface area contributed by atoms with Gasteiger partial charge in [-0.25, -0.2) is 0 Å². The molecule has 1 aromatic heterocycles. The van der Waals surface area contributed by atoms with Crippen LogP contribution in [0.25, 0.3) is 10.9 Å². The topological polar surface area (TPSA) is 79.1 Å². The monoisotopic (exact) mass is 232 g/mol. The maximum Gasteiger partial charge on any atom is 0.324 e. The molecule has 0 fully saturated rings. The second-order valence-electron chi connectivity index (χ2n) is 4.35. The number of fused-ring (bicyclic) bond motifs is 1. The second-order valence-corrected chi connectivity index (χ2v) is 4.35. The van der Waals surface area contributed by atoms with Crippen molar-refractivity contribution in [2.45, 2.75) is 25.3 Å². The van der Waals surface area contributed by atoms with Gasteiger partial charge in [0.2, 0.25) is 0 Å². The number of H-pyrrole nitrogens is 1. The molecule has 0 radical (unpaired) electrons. The smallest absolute Gasteiger partial charge is 0.324 e. The third kappa shape index (κ3) is 2.03. The van der Waals surface area contributed by atoms with Crippen molar-refractivity contribution in [3.8, 4) is 0 Å². The van der Waals surface area contributed by atoms with Crippen molar-refractivity contribution in [1.82, 2.24) is 4.98 Å². The van der Waals surface area contributed by atoms with Crippen molar-refractivity contribution in [1.29, 1.82) is 0 Å². The minimum atomic E-state index is -1.19. The maximum atomic E-state index is 11.2. The summed E-state index contributed by atoms with van der Waals surface area (Å²) in [6.07, 6.45) is 2.58. The molecule has 0 saturated carbocycles. The Bertz CT molecular complexity index is 547. The van der Waals surface area contributed by atoms with Gasteiger partial charge in [0.25, 0.3) is 0 Å². The van der Waals surface area contributed by atoms with Crippen LogP contribution in [0.1, 0.15) is 18.9 Å². The number of carbonyl (C=O) groups is 1. The minimum absolute atomic E-state index is 0.336. The maximum absolute atomic E-state index is 11.2. The highest BCUT2D eigenvalue weighted by Gasteiger charge is 2.32. The van der Waals surface area contributed by atoms with E-state index < -0.39 is 11.5 Å². The lowest BCUT2D eigenvalue weighted by molar-refractivity contribution is -0.143. The van der Waals surface area contributed by atoms with Crippen LogP contribution in [0.3, 0.4) is 0 Å². The van der Waals surface area contributed by atoms with E-state index in [-0.39, 0.29) is 0 Å². The first-order valence-electron chi connectivity index (χ1n) is 5.64. The standard InChI is InChI=1S/C13H16N2O2/c1-2-13(14,12(16)17)7-9-8-15-11-6-4-3-5-10(9)11/h3-6,8,15H,2,7,14H2,1H3,(H,16,17). The molecule has 1 unspecified atom stereocenters. The zero-order valence-electron chi connectivity index (χ0n) is 9.73. The summed E-state index contributed by atoms with van der Waals surface area (Å²) in [7, 11) is 0. The van der Waals surface area contributed by atoms with Crippen LogP contribution >= 0.6 is 0 Å². The van der Waals surface area contributed by atoms with Crippen LogP contribution < -0.4 is 5.73 Å². The van der Waals surface area contributed by atoms with Gasteiger partial charge < -0.3 is 15.8 Å². The van der Waals surface area contributed by atoms with Gasteiger partial charge >= 0.3 is 5.97 Å². The third-order valence-corrected chi connectivity index (χ3v) is 3.24. The molecule has 4 N–H and O–H groups in total. The van der Waals surface area contributed by atoms with E-state index in [2.05, 4.69) is 4.98 Å². The summed E-state index contributed by atoms with van der Waals surface area (Å²) >= 11 is 0. The summed E-state index contributed by atoms with van der Waals surface area (Å²) in [6.45, 7) is 1.79. The molecular weight excluding hydrogens is 216 g/mol. The number of carboxylic acids is 1. The highest BCUT2D eigenvalue weighted by Crippen LogP contribution is 2.23. The van der Waals surface area contributed by atoms with Gasteiger partial charge in [-0.2, -0.15) is 0 Å². The minimum Gasteiger partial charge on any atom is -0.480 e. The number of aromatic amines is 1. The normalized spacial score (nSPS) is 14.7. The van der Waals surface area contributed by atoms with Crippen molar-refractivity contribution >= 4 is 16.9 Å². The number of aliphatic carboxylic acids is 1. The second kappa shape index (κ2) is 4.22. The first-order chi connectivity index (χ1) is 8.07. The lowest BCUT2D eigenvalue weighted by Crippen LogP contribution is -2.49. The molecule has 1 atom stereocenters. The predicted molar refractivity (Wildman–Crippen MR) is 66.8 cm³/mol. The Labute approximate surface area is 99.4 Å². The van der Waals surface area contributed by atoms with Gasteiger partial charge in [-0.15, -0.1) is 0 Å². The predicted octanol–water partition coefficient (Wildman–Crippen LogP) is 1.90. The molecule has 0 saturated heterocycles. The van der Waals surface area contributed by atoms with E-state index in [9.17, 15) is 4.79 Å². The molecule has 1 aromatic carbocycles. The molecule has 0 aliphatic carbocycles. The number of benzene rings is 1. The summed E-state index contributed by atoms with van der Waals surface area (Å²) < 4.78 is 0. The molecule has 1 heterocycles. The van der Waals surface area contributed by atoms with Crippen molar-refractivity contribution in [2.75, 3.05) is 0 Å². The molecule has 4 heteroatoms. The van der Waals surface area contributed by atoms with E-state index in [1.54, 1.807) is 6.92 Å². The molecule has 0 bridgehead atoms. The quantitative estimate of drug-likeness (QED) is 0.753. The van der Waals surface area contributed by atoms with Gasteiger partial charge in [0, 0.05) is 23.5 Å². The molecule has 2 aromatic rings. The number of hydrogen-bond donors (Lipinski definition) is 3. The molecule has 17 heavy (non-hydrogen) atoms. The van der Waals surface area contributed by atoms with E-state index >= 15 is 0 Å². The molecule has 0 amide bonds. The Morgan fingerprint density at radius 3 is 2.82 bits per heavy atom. The van der Waals surface area contributed by atoms with Gasteiger partial charge in [-0.1, -0.05) is 25.1 Å². The van der Waals surface area contributed by atoms with Crippen LogP contribution in [0.15, 0.2) is 30.5 Å². The summed E-state index contributed by atoms with van der Waals surface area (Å²) in [5, 5.41) is 10.2. The van der Waals surface area contributed by atoms with Crippen LogP contribution in [0.2, 0.25) is 0 Å². The summed E-state index contributed by atoms with van der Waals surface area (Å²) in [5.41, 5.74) is 6.68. The van der Waals surface area contributed by atoms with Crippen LogP contribution in [-0.4, -0.2) is 21.6 Å². The first kappa shape index (κ1) is 11.7. The zero-order valence-corrected chi connectivity index (χ0v) is 9.73. The fraction of sp³-hybridized carbons (Fsp3) is 0.308. The fourth-order valence-corrected chi connectivity index (χ4v) is 1.97. The SMILES string of the molecule is CCC(N)(Cc1c[nH]c2ccccc12)C(=O)O. The van der Waals surface area contributed by atoms with Crippen molar-refractivity contribution in [2.24, 2.45) is 5.73 Å². The van der Waals surface area contributed by atoms with Crippen LogP contribution in [0.5, 0.6) is 0 Å². The third-order valence-electron chi connectivity index (χ3n) is 3.24. The molecule has 0 aliphatic heterocycles. The van der Waals surface area contributed by atoms with E-state index in [1.165, 1.54) is 0 Å². The Morgan fingerprint density at radius 2 is 2.18 bits per heavy atom. The Balaban J connectivity index is 2.38. The van der Waals surface area contributed by atoms with Crippen LogP contribution in [0.4, 0.5) is 0 Å². The average molecular weight is 232 g/mol. The largest absolute Gasteiger partial charge is 0.480 e. The van der Waals surface area contributed by atoms with E-state index in [0.717, 1.165) is 16.5 Å². The zero-order chi connectivity index (χ0) is 12.5. The molecule has 90 valence electrons. The lowest BCUT2D eigenvalue weighted by Gasteiger charge is -2.22.